The second kappa shape index (κ2) is 3.78. The Bertz CT molecular complexity index is 803. The number of rotatable bonds is 1. The fourth-order valence-electron chi connectivity index (χ4n) is 1.92. The topological polar surface area (TPSA) is 84.7 Å². The van der Waals surface area contributed by atoms with Crippen LogP contribution in [0.3, 0.4) is 0 Å². The molecule has 0 saturated carbocycles. The Morgan fingerprint density at radius 2 is 2.00 bits per heavy atom. The van der Waals surface area contributed by atoms with Crippen LogP contribution >= 0.6 is 11.3 Å². The molecule has 0 fully saturated rings. The molecule has 0 spiro atoms. The highest BCUT2D eigenvalue weighted by molar-refractivity contribution is 7.22. The number of nitrogens with two attached hydrogens (primary N) is 1. The molecule has 0 amide bonds. The molecule has 3 aromatic rings. The summed E-state index contributed by atoms with van der Waals surface area (Å²) in [5.74, 6) is 0.883. The summed E-state index contributed by atoms with van der Waals surface area (Å²) >= 11 is 1.32. The average Bonchev–Trinajstić information content (AvgIpc) is 2.68. The number of hydrogen-bond acceptors (Lipinski definition) is 5. The number of nitrogens with zero attached hydrogens (tertiary/aromatic N) is 2. The predicted octanol–water partition coefficient (Wildman–Crippen LogP) is 2.24. The summed E-state index contributed by atoms with van der Waals surface area (Å²) in [6, 6.07) is 3.67. The van der Waals surface area contributed by atoms with Crippen LogP contribution in [-0.2, 0) is 0 Å². The molecular formula is C12H12N4OS. The third kappa shape index (κ3) is 1.57. The van der Waals surface area contributed by atoms with E-state index in [1.807, 2.05) is 26.0 Å². The van der Waals surface area contributed by atoms with E-state index in [0.717, 1.165) is 10.2 Å². The van der Waals surface area contributed by atoms with Crippen LogP contribution < -0.4 is 11.3 Å². The second-order valence-electron chi connectivity index (χ2n) is 4.47. The number of nitrogens with one attached hydrogen (secondary N) is 1. The van der Waals surface area contributed by atoms with E-state index in [1.54, 1.807) is 0 Å². The summed E-state index contributed by atoms with van der Waals surface area (Å²) in [5, 5.41) is 1.04. The van der Waals surface area contributed by atoms with Gasteiger partial charge in [-0.3, -0.25) is 4.79 Å². The lowest BCUT2D eigenvalue weighted by Crippen LogP contribution is -2.12. The lowest BCUT2D eigenvalue weighted by atomic mass is 10.2. The Morgan fingerprint density at radius 1 is 1.28 bits per heavy atom. The zero-order valence-electron chi connectivity index (χ0n) is 10.0. The molecule has 3 rings (SSSR count). The van der Waals surface area contributed by atoms with Crippen molar-refractivity contribution in [3.63, 3.8) is 0 Å². The first-order valence-corrected chi connectivity index (χ1v) is 6.47. The highest BCUT2D eigenvalue weighted by atomic mass is 32.1. The van der Waals surface area contributed by atoms with Crippen LogP contribution in [0.15, 0.2) is 16.9 Å². The molecule has 1 aromatic carbocycles. The van der Waals surface area contributed by atoms with Gasteiger partial charge in [0, 0.05) is 5.92 Å². The van der Waals surface area contributed by atoms with Crippen molar-refractivity contribution in [3.8, 4) is 0 Å². The number of H-pyrrole nitrogens is 1. The molecule has 0 saturated heterocycles. The summed E-state index contributed by atoms with van der Waals surface area (Å²) < 4.78 is 0.800. The summed E-state index contributed by atoms with van der Waals surface area (Å²) in [6.07, 6.45) is 0. The molecule has 0 bridgehead atoms. The summed E-state index contributed by atoms with van der Waals surface area (Å²) in [4.78, 5) is 23.6. The van der Waals surface area contributed by atoms with Gasteiger partial charge in [-0.05, 0) is 12.1 Å². The molecule has 0 atom stereocenters. The van der Waals surface area contributed by atoms with Gasteiger partial charge in [0.05, 0.1) is 21.1 Å². The average molecular weight is 260 g/mol. The van der Waals surface area contributed by atoms with Crippen molar-refractivity contribution in [1.82, 2.24) is 15.0 Å². The van der Waals surface area contributed by atoms with Gasteiger partial charge in [0.1, 0.15) is 5.82 Å². The smallest absolute Gasteiger partial charge is 0.260 e. The minimum absolute atomic E-state index is 0.127. The normalized spacial score (nSPS) is 11.7. The van der Waals surface area contributed by atoms with Crippen LogP contribution in [0.1, 0.15) is 25.6 Å². The Morgan fingerprint density at radius 3 is 2.72 bits per heavy atom. The maximum atomic E-state index is 12.2. The third-order valence-electron chi connectivity index (χ3n) is 2.81. The number of fused-ring (bicyclic) bond motifs is 3. The van der Waals surface area contributed by atoms with Crippen molar-refractivity contribution in [2.45, 2.75) is 19.8 Å². The van der Waals surface area contributed by atoms with Gasteiger partial charge in [-0.1, -0.05) is 25.2 Å². The molecule has 0 radical (unpaired) electrons. The third-order valence-corrected chi connectivity index (χ3v) is 3.73. The Balaban J connectivity index is 2.48. The van der Waals surface area contributed by atoms with E-state index in [4.69, 9.17) is 5.73 Å². The standard InChI is InChI=1S/C12H12N4OS/c1-5(2)10-14-6-3-4-7-9(18-12(13)15-7)8(6)11(17)16-10/h3-5H,1-2H3,(H2,13,15)(H,14,16,17). The van der Waals surface area contributed by atoms with Crippen LogP contribution in [0, 0.1) is 0 Å². The molecule has 0 unspecified atom stereocenters. The van der Waals surface area contributed by atoms with Crippen LogP contribution in [-0.4, -0.2) is 15.0 Å². The Labute approximate surface area is 107 Å². The first kappa shape index (κ1) is 11.2. The van der Waals surface area contributed by atoms with E-state index in [2.05, 4.69) is 15.0 Å². The lowest BCUT2D eigenvalue weighted by molar-refractivity contribution is 0.777. The molecule has 92 valence electrons. The van der Waals surface area contributed by atoms with Gasteiger partial charge in [-0.2, -0.15) is 0 Å². The van der Waals surface area contributed by atoms with Crippen molar-refractivity contribution < 1.29 is 0 Å². The number of thiazole rings is 1. The molecule has 0 aliphatic carbocycles. The highest BCUT2D eigenvalue weighted by Crippen LogP contribution is 2.28. The van der Waals surface area contributed by atoms with E-state index in [9.17, 15) is 4.79 Å². The van der Waals surface area contributed by atoms with Crippen molar-refractivity contribution >= 4 is 37.6 Å². The maximum absolute atomic E-state index is 12.2. The lowest BCUT2D eigenvalue weighted by Gasteiger charge is -2.05. The summed E-state index contributed by atoms with van der Waals surface area (Å²) in [6.45, 7) is 3.99. The monoisotopic (exact) mass is 260 g/mol. The quantitative estimate of drug-likeness (QED) is 0.702. The Hall–Kier alpha value is -1.95. The zero-order chi connectivity index (χ0) is 12.9. The van der Waals surface area contributed by atoms with Crippen LogP contribution in [0.4, 0.5) is 5.13 Å². The SMILES string of the molecule is CC(C)c1nc2ccc3nc(N)sc3c2c(=O)[nH]1. The number of nitrogen functional groups attached to an aromatic ring is 1. The summed E-state index contributed by atoms with van der Waals surface area (Å²) in [5.41, 5.74) is 7.00. The molecule has 2 heterocycles. The van der Waals surface area contributed by atoms with Gasteiger partial charge < -0.3 is 10.7 Å². The molecular weight excluding hydrogens is 248 g/mol. The van der Waals surface area contributed by atoms with Crippen LogP contribution in [0.25, 0.3) is 21.1 Å². The number of hydrogen-bond donors (Lipinski definition) is 2. The minimum Gasteiger partial charge on any atom is -0.375 e. The van der Waals surface area contributed by atoms with Gasteiger partial charge in [0.25, 0.3) is 5.56 Å². The zero-order valence-corrected chi connectivity index (χ0v) is 10.8. The van der Waals surface area contributed by atoms with E-state index in [1.165, 1.54) is 11.3 Å². The Kier molecular flexibility index (Phi) is 2.34. The second-order valence-corrected chi connectivity index (χ2v) is 5.50. The number of anilines is 1. The molecule has 3 N–H and O–H groups in total. The van der Waals surface area contributed by atoms with Crippen molar-refractivity contribution in [3.05, 3.63) is 28.3 Å². The fraction of sp³-hybridized carbons (Fsp3) is 0.250. The molecule has 6 heteroatoms. The largest absolute Gasteiger partial charge is 0.375 e. The van der Waals surface area contributed by atoms with Crippen molar-refractivity contribution in [1.29, 1.82) is 0 Å². The number of benzene rings is 1. The van der Waals surface area contributed by atoms with Gasteiger partial charge in [-0.15, -0.1) is 0 Å². The van der Waals surface area contributed by atoms with Crippen molar-refractivity contribution in [2.24, 2.45) is 0 Å². The van der Waals surface area contributed by atoms with Gasteiger partial charge >= 0.3 is 0 Å². The van der Waals surface area contributed by atoms with Crippen LogP contribution in [0.2, 0.25) is 0 Å². The molecule has 5 nitrogen and oxygen atoms in total. The first-order valence-electron chi connectivity index (χ1n) is 5.65. The first-order chi connectivity index (χ1) is 8.56. The van der Waals surface area contributed by atoms with Gasteiger partial charge in [-0.25, -0.2) is 9.97 Å². The minimum atomic E-state index is -0.127. The van der Waals surface area contributed by atoms with Crippen molar-refractivity contribution in [2.75, 3.05) is 5.73 Å². The maximum Gasteiger partial charge on any atom is 0.260 e. The molecule has 18 heavy (non-hydrogen) atoms. The van der Waals surface area contributed by atoms with Gasteiger partial charge in [0.2, 0.25) is 0 Å². The van der Waals surface area contributed by atoms with Gasteiger partial charge in [0.15, 0.2) is 5.13 Å². The summed E-state index contributed by atoms with van der Waals surface area (Å²) in [7, 11) is 0. The van der Waals surface area contributed by atoms with E-state index < -0.39 is 0 Å². The fourth-order valence-corrected chi connectivity index (χ4v) is 2.79. The highest BCUT2D eigenvalue weighted by Gasteiger charge is 2.12. The molecule has 2 aromatic heterocycles. The van der Waals surface area contributed by atoms with Crippen LogP contribution in [0.5, 0.6) is 0 Å². The van der Waals surface area contributed by atoms with E-state index >= 15 is 0 Å². The predicted molar refractivity (Wildman–Crippen MR) is 74.0 cm³/mol. The van der Waals surface area contributed by atoms with E-state index in [-0.39, 0.29) is 11.5 Å². The molecule has 0 aliphatic rings. The molecule has 0 aliphatic heterocycles. The van der Waals surface area contributed by atoms with E-state index in [0.29, 0.717) is 21.9 Å². The number of aromatic amines is 1. The number of aromatic nitrogens is 3.